The first-order chi connectivity index (χ1) is 11.3. The lowest BCUT2D eigenvalue weighted by Gasteiger charge is -2.36. The number of likely N-dealkylation sites (tertiary alicyclic amines) is 2. The number of β-amino-alcohol motifs (C(OH)–C–C–N with tert-alkyl or cyclic N) is 1. The van der Waals surface area contributed by atoms with Crippen LogP contribution in [0.4, 0.5) is 8.78 Å². The van der Waals surface area contributed by atoms with Gasteiger partial charge in [-0.25, -0.2) is 8.78 Å². The summed E-state index contributed by atoms with van der Waals surface area (Å²) in [6.07, 6.45) is 0.168. The lowest BCUT2D eigenvalue weighted by molar-refractivity contribution is -0.0720. The predicted octanol–water partition coefficient (Wildman–Crippen LogP) is 2.30. The molecule has 3 rings (SSSR count). The van der Waals surface area contributed by atoms with E-state index >= 15 is 0 Å². The molecule has 1 aromatic rings. The number of halogens is 2. The average molecular weight is 338 g/mol. The fraction of sp³-hybridized carbons (Fsp3) is 0.611. The molecule has 0 aromatic heterocycles. The summed E-state index contributed by atoms with van der Waals surface area (Å²) in [5.74, 6) is -2.66. The lowest BCUT2D eigenvalue weighted by atomic mass is 9.99. The fourth-order valence-electron chi connectivity index (χ4n) is 3.60. The largest absolute Gasteiger partial charge is 0.387 e. The highest BCUT2D eigenvalue weighted by Crippen LogP contribution is 2.30. The zero-order valence-corrected chi connectivity index (χ0v) is 14.0. The second-order valence-electron chi connectivity index (χ2n) is 7.15. The molecular formula is C18H24F2N2O2. The van der Waals surface area contributed by atoms with E-state index in [0.717, 1.165) is 5.56 Å². The van der Waals surface area contributed by atoms with Gasteiger partial charge < -0.3 is 10.0 Å². The van der Waals surface area contributed by atoms with Gasteiger partial charge in [-0.2, -0.15) is 0 Å². The number of benzene rings is 1. The Bertz CT molecular complexity index is 613. The molecular weight excluding hydrogens is 314 g/mol. The van der Waals surface area contributed by atoms with Crippen LogP contribution in [0.2, 0.25) is 0 Å². The minimum atomic E-state index is -2.58. The smallest absolute Gasteiger partial charge is 0.254 e. The van der Waals surface area contributed by atoms with Crippen LogP contribution < -0.4 is 0 Å². The van der Waals surface area contributed by atoms with E-state index in [1.165, 1.54) is 0 Å². The zero-order chi connectivity index (χ0) is 17.4. The molecule has 2 aliphatic rings. The number of hydrogen-bond acceptors (Lipinski definition) is 3. The maximum atomic E-state index is 13.2. The van der Waals surface area contributed by atoms with Crippen molar-refractivity contribution in [3.63, 3.8) is 0 Å². The Balaban J connectivity index is 1.60. The quantitative estimate of drug-likeness (QED) is 0.920. The van der Waals surface area contributed by atoms with E-state index in [1.807, 2.05) is 30.0 Å². The zero-order valence-electron chi connectivity index (χ0n) is 14.0. The molecule has 2 aliphatic heterocycles. The van der Waals surface area contributed by atoms with E-state index in [0.29, 0.717) is 38.2 Å². The molecule has 0 spiro atoms. The molecule has 0 saturated carbocycles. The molecule has 132 valence electrons. The first kappa shape index (κ1) is 17.3. The van der Waals surface area contributed by atoms with Gasteiger partial charge in [0.05, 0.1) is 12.1 Å². The molecule has 1 N–H and O–H groups in total. The number of aliphatic hydroxyl groups is 1. The van der Waals surface area contributed by atoms with Gasteiger partial charge >= 0.3 is 0 Å². The summed E-state index contributed by atoms with van der Waals surface area (Å²) in [5.41, 5.74) is 0.556. The molecule has 24 heavy (non-hydrogen) atoms. The summed E-state index contributed by atoms with van der Waals surface area (Å²) in [5, 5.41) is 10.8. The van der Waals surface area contributed by atoms with Crippen molar-refractivity contribution >= 4 is 5.91 Å². The second-order valence-corrected chi connectivity index (χ2v) is 7.15. The first-order valence-electron chi connectivity index (χ1n) is 8.46. The Morgan fingerprint density at radius 2 is 1.83 bits per heavy atom. The number of rotatable bonds is 3. The molecule has 0 radical (unpaired) electrons. The first-order valence-corrected chi connectivity index (χ1v) is 8.46. The van der Waals surface area contributed by atoms with Crippen LogP contribution in [-0.2, 0) is 0 Å². The van der Waals surface area contributed by atoms with Crippen LogP contribution in [0.15, 0.2) is 24.3 Å². The van der Waals surface area contributed by atoms with Crippen LogP contribution >= 0.6 is 0 Å². The van der Waals surface area contributed by atoms with E-state index in [1.54, 1.807) is 11.0 Å². The number of nitrogens with zero attached hydrogens (tertiary/aromatic N) is 2. The lowest BCUT2D eigenvalue weighted by Crippen LogP contribution is -2.49. The second kappa shape index (κ2) is 6.41. The number of piperidine rings is 1. The van der Waals surface area contributed by atoms with E-state index in [-0.39, 0.29) is 25.3 Å². The standard InChI is InChI=1S/C18H24F2N2O2/c1-14-4-2-3-5-15(14)16(23)22-11-6-17(24,13-22)12-21-9-7-18(19,20)8-10-21/h2-5,24H,6-13H2,1H3/t17-/m1/s1. The molecule has 1 amide bonds. The number of aryl methyl sites for hydroxylation is 1. The third-order valence-electron chi connectivity index (χ3n) is 5.10. The van der Waals surface area contributed by atoms with Crippen LogP contribution in [0.25, 0.3) is 0 Å². The SMILES string of the molecule is Cc1ccccc1C(=O)N1CC[C@@](O)(CN2CCC(F)(F)CC2)C1. The highest BCUT2D eigenvalue weighted by Gasteiger charge is 2.42. The van der Waals surface area contributed by atoms with Crippen molar-refractivity contribution in [3.8, 4) is 0 Å². The van der Waals surface area contributed by atoms with E-state index in [4.69, 9.17) is 0 Å². The number of hydrogen-bond donors (Lipinski definition) is 1. The van der Waals surface area contributed by atoms with Gasteiger partial charge in [-0.15, -0.1) is 0 Å². The summed E-state index contributed by atoms with van der Waals surface area (Å²) in [7, 11) is 0. The summed E-state index contributed by atoms with van der Waals surface area (Å²) < 4.78 is 26.5. The molecule has 4 nitrogen and oxygen atoms in total. The van der Waals surface area contributed by atoms with Crippen molar-refractivity contribution in [2.24, 2.45) is 0 Å². The van der Waals surface area contributed by atoms with Crippen LogP contribution in [0.1, 0.15) is 35.2 Å². The minimum Gasteiger partial charge on any atom is -0.387 e. The topological polar surface area (TPSA) is 43.8 Å². The van der Waals surface area contributed by atoms with Crippen molar-refractivity contribution in [1.82, 2.24) is 9.80 Å². The molecule has 0 unspecified atom stereocenters. The van der Waals surface area contributed by atoms with Gasteiger partial charge in [0.2, 0.25) is 0 Å². The van der Waals surface area contributed by atoms with Gasteiger partial charge in [0, 0.05) is 44.6 Å². The minimum absolute atomic E-state index is 0.0748. The highest BCUT2D eigenvalue weighted by atomic mass is 19.3. The number of alkyl halides is 2. The molecule has 1 aromatic carbocycles. The Hall–Kier alpha value is -1.53. The normalized spacial score (nSPS) is 27.4. The molecule has 2 heterocycles. The van der Waals surface area contributed by atoms with Gasteiger partial charge in [0.25, 0.3) is 11.8 Å². The maximum absolute atomic E-state index is 13.2. The number of carbonyl (C=O) groups is 1. The monoisotopic (exact) mass is 338 g/mol. The molecule has 0 bridgehead atoms. The van der Waals surface area contributed by atoms with Crippen molar-refractivity contribution in [2.45, 2.75) is 37.7 Å². The van der Waals surface area contributed by atoms with Crippen molar-refractivity contribution in [2.75, 3.05) is 32.7 Å². The molecule has 2 saturated heterocycles. The summed E-state index contributed by atoms with van der Waals surface area (Å²) in [6.45, 7) is 3.58. The average Bonchev–Trinajstić information content (AvgIpc) is 2.92. The molecule has 2 fully saturated rings. The van der Waals surface area contributed by atoms with Crippen molar-refractivity contribution in [1.29, 1.82) is 0 Å². The van der Waals surface area contributed by atoms with E-state index < -0.39 is 11.5 Å². The molecule has 6 heteroatoms. The van der Waals surface area contributed by atoms with Crippen LogP contribution in [0.3, 0.4) is 0 Å². The third kappa shape index (κ3) is 3.75. The van der Waals surface area contributed by atoms with Gasteiger partial charge in [-0.1, -0.05) is 18.2 Å². The van der Waals surface area contributed by atoms with E-state index in [9.17, 15) is 18.7 Å². The predicted molar refractivity (Wildman–Crippen MR) is 87.3 cm³/mol. The van der Waals surface area contributed by atoms with Crippen LogP contribution in [-0.4, -0.2) is 65.1 Å². The van der Waals surface area contributed by atoms with Crippen LogP contribution in [0, 0.1) is 6.92 Å². The number of amides is 1. The Labute approximate surface area is 141 Å². The summed E-state index contributed by atoms with van der Waals surface area (Å²) in [4.78, 5) is 16.2. The number of carbonyl (C=O) groups excluding carboxylic acids is 1. The van der Waals surface area contributed by atoms with Gasteiger partial charge in [0.15, 0.2) is 0 Å². The van der Waals surface area contributed by atoms with Gasteiger partial charge in [-0.3, -0.25) is 9.69 Å². The van der Waals surface area contributed by atoms with E-state index in [2.05, 4.69) is 0 Å². The Morgan fingerprint density at radius 3 is 2.50 bits per heavy atom. The van der Waals surface area contributed by atoms with Gasteiger partial charge in [0.1, 0.15) is 0 Å². The van der Waals surface area contributed by atoms with Crippen molar-refractivity contribution < 1.29 is 18.7 Å². The van der Waals surface area contributed by atoms with Gasteiger partial charge in [-0.05, 0) is 25.0 Å². The fourth-order valence-corrected chi connectivity index (χ4v) is 3.60. The summed E-state index contributed by atoms with van der Waals surface area (Å²) in [6, 6.07) is 7.40. The highest BCUT2D eigenvalue weighted by molar-refractivity contribution is 5.95. The third-order valence-corrected chi connectivity index (χ3v) is 5.10. The molecule has 1 atom stereocenters. The van der Waals surface area contributed by atoms with Crippen molar-refractivity contribution in [3.05, 3.63) is 35.4 Å². The maximum Gasteiger partial charge on any atom is 0.254 e. The Morgan fingerprint density at radius 1 is 1.17 bits per heavy atom. The Kier molecular flexibility index (Phi) is 4.62. The molecule has 0 aliphatic carbocycles. The summed E-state index contributed by atoms with van der Waals surface area (Å²) >= 11 is 0. The van der Waals surface area contributed by atoms with Crippen LogP contribution in [0.5, 0.6) is 0 Å².